The zero-order valence-corrected chi connectivity index (χ0v) is 24.5. The first-order chi connectivity index (χ1) is 20.3. The summed E-state index contributed by atoms with van der Waals surface area (Å²) in [6, 6.07) is 32.0. The lowest BCUT2D eigenvalue weighted by Crippen LogP contribution is -2.33. The highest BCUT2D eigenvalue weighted by molar-refractivity contribution is 7.98. The van der Waals surface area contributed by atoms with E-state index in [1.807, 2.05) is 61.5 Å². The van der Waals surface area contributed by atoms with E-state index < -0.39 is 21.0 Å². The van der Waals surface area contributed by atoms with Gasteiger partial charge in [-0.25, -0.2) is 13.1 Å². The minimum atomic E-state index is -3.80. The molecule has 0 aliphatic rings. The Morgan fingerprint density at radius 3 is 2.14 bits per heavy atom. The van der Waals surface area contributed by atoms with Crippen molar-refractivity contribution in [2.45, 2.75) is 36.0 Å². The molecule has 0 bridgehead atoms. The first-order valence-electron chi connectivity index (χ1n) is 13.2. The van der Waals surface area contributed by atoms with E-state index in [9.17, 15) is 18.5 Å². The fraction of sp³-hybridized carbons (Fsp3) is 0.161. The highest BCUT2D eigenvalue weighted by Crippen LogP contribution is 2.30. The Kier molecular flexibility index (Phi) is 9.11. The third-order valence-corrected chi connectivity index (χ3v) is 8.90. The summed E-state index contributed by atoms with van der Waals surface area (Å²) in [5.41, 5.74) is 4.36. The van der Waals surface area contributed by atoms with Crippen LogP contribution in [0, 0.1) is 17.0 Å². The van der Waals surface area contributed by atoms with Gasteiger partial charge in [0, 0.05) is 23.6 Å². The Hall–Kier alpha value is -4.32. The van der Waals surface area contributed by atoms with Gasteiger partial charge in [-0.3, -0.25) is 14.7 Å². The number of hydrogen-bond donors (Lipinski definition) is 1. The predicted molar refractivity (Wildman–Crippen MR) is 164 cm³/mol. The van der Waals surface area contributed by atoms with Gasteiger partial charge >= 0.3 is 0 Å². The van der Waals surface area contributed by atoms with E-state index in [0.717, 1.165) is 16.7 Å². The van der Waals surface area contributed by atoms with E-state index in [-0.39, 0.29) is 11.4 Å². The zero-order chi connectivity index (χ0) is 29.5. The molecule has 0 fully saturated rings. The molecule has 1 N–H and O–H groups in total. The maximum Gasteiger partial charge on any atom is 0.269 e. The van der Waals surface area contributed by atoms with E-state index in [1.165, 1.54) is 23.9 Å². The number of sulfonamides is 1. The molecule has 1 unspecified atom stereocenters. The van der Waals surface area contributed by atoms with Gasteiger partial charge in [0.05, 0.1) is 16.7 Å². The van der Waals surface area contributed by atoms with Gasteiger partial charge in [0.2, 0.25) is 10.0 Å². The van der Waals surface area contributed by atoms with Crippen molar-refractivity contribution in [1.29, 1.82) is 0 Å². The molecule has 214 valence electrons. The van der Waals surface area contributed by atoms with E-state index >= 15 is 0 Å². The normalized spacial score (nSPS) is 12.2. The third kappa shape index (κ3) is 7.49. The Balaban J connectivity index is 1.55. The second-order valence-corrected chi connectivity index (χ2v) is 12.5. The monoisotopic (exact) mass is 599 g/mol. The van der Waals surface area contributed by atoms with Crippen LogP contribution in [0.25, 0.3) is 5.69 Å². The molecule has 5 aromatic rings. The number of nitrogens with zero attached hydrogens (tertiary/aromatic N) is 4. The Bertz CT molecular complexity index is 1760. The van der Waals surface area contributed by atoms with Gasteiger partial charge in [0.1, 0.15) is 0 Å². The highest BCUT2D eigenvalue weighted by atomic mass is 32.2. The minimum Gasteiger partial charge on any atom is -0.273 e. The minimum absolute atomic E-state index is 0.0493. The molecule has 0 radical (unpaired) electrons. The summed E-state index contributed by atoms with van der Waals surface area (Å²) in [7, 11) is -3.80. The largest absolute Gasteiger partial charge is 0.273 e. The van der Waals surface area contributed by atoms with Crippen LogP contribution in [-0.4, -0.2) is 28.1 Å². The first kappa shape index (κ1) is 29.2. The van der Waals surface area contributed by atoms with Crippen LogP contribution in [0.1, 0.15) is 34.1 Å². The lowest BCUT2D eigenvalue weighted by atomic mass is 10.1. The Labute approximate surface area is 248 Å². The van der Waals surface area contributed by atoms with Crippen molar-refractivity contribution in [1.82, 2.24) is 19.5 Å². The summed E-state index contributed by atoms with van der Waals surface area (Å²) >= 11 is 1.46. The summed E-state index contributed by atoms with van der Waals surface area (Å²) in [4.78, 5) is 10.9. The number of aromatic nitrogens is 3. The van der Waals surface area contributed by atoms with Gasteiger partial charge in [-0.1, -0.05) is 102 Å². The smallest absolute Gasteiger partial charge is 0.269 e. The standard InChI is InChI=1S/C31H29N5O4S2/c1-23-9-8-14-26(19-23)21-41-31-33-32-30(35(31)27-15-17-28(18-16-27)36(37)38)29(20-24-10-4-2-5-11-24)34-42(39,40)22-25-12-6-3-7-13-25/h2-19,29,34H,20-22H2,1H3. The highest BCUT2D eigenvalue weighted by Gasteiger charge is 2.28. The summed E-state index contributed by atoms with van der Waals surface area (Å²) in [5.74, 6) is 0.798. The van der Waals surface area contributed by atoms with Crippen LogP contribution >= 0.6 is 11.8 Å². The molecule has 11 heteroatoms. The number of aryl methyl sites for hydroxylation is 1. The fourth-order valence-corrected chi connectivity index (χ4v) is 6.84. The summed E-state index contributed by atoms with van der Waals surface area (Å²) in [6.07, 6.45) is 0.322. The van der Waals surface area contributed by atoms with Crippen LogP contribution in [0.3, 0.4) is 0 Å². The molecule has 0 aliphatic heterocycles. The Morgan fingerprint density at radius 2 is 1.50 bits per heavy atom. The number of nitro benzene ring substituents is 1. The number of thioether (sulfide) groups is 1. The van der Waals surface area contributed by atoms with Gasteiger partial charge in [-0.05, 0) is 42.2 Å². The fourth-order valence-electron chi connectivity index (χ4n) is 4.60. The van der Waals surface area contributed by atoms with Crippen LogP contribution in [0.4, 0.5) is 5.69 Å². The van der Waals surface area contributed by atoms with E-state index in [1.54, 1.807) is 41.0 Å². The van der Waals surface area contributed by atoms with Crippen molar-refractivity contribution in [3.63, 3.8) is 0 Å². The van der Waals surface area contributed by atoms with Crippen LogP contribution in [-0.2, 0) is 27.9 Å². The molecule has 0 saturated heterocycles. The molecule has 9 nitrogen and oxygen atoms in total. The summed E-state index contributed by atoms with van der Waals surface area (Å²) < 4.78 is 31.5. The van der Waals surface area contributed by atoms with Crippen molar-refractivity contribution in [3.8, 4) is 5.69 Å². The molecule has 1 aromatic heterocycles. The number of nitro groups is 1. The molecule has 1 heterocycles. The topological polar surface area (TPSA) is 120 Å². The van der Waals surface area contributed by atoms with E-state index in [2.05, 4.69) is 21.0 Å². The van der Waals surface area contributed by atoms with Crippen LogP contribution < -0.4 is 4.72 Å². The average Bonchev–Trinajstić information content (AvgIpc) is 3.40. The molecule has 0 saturated carbocycles. The molecule has 0 aliphatic carbocycles. The van der Waals surface area contributed by atoms with Crippen molar-refractivity contribution < 1.29 is 13.3 Å². The van der Waals surface area contributed by atoms with Gasteiger partial charge < -0.3 is 0 Å². The number of nitrogens with one attached hydrogen (secondary N) is 1. The molecule has 4 aromatic carbocycles. The first-order valence-corrected chi connectivity index (χ1v) is 15.9. The number of rotatable bonds is 12. The quantitative estimate of drug-likeness (QED) is 0.103. The lowest BCUT2D eigenvalue weighted by Gasteiger charge is -2.20. The number of benzene rings is 4. The maximum absolute atomic E-state index is 13.4. The summed E-state index contributed by atoms with van der Waals surface area (Å²) in [6.45, 7) is 2.03. The van der Waals surface area contributed by atoms with Crippen molar-refractivity contribution >= 4 is 27.5 Å². The van der Waals surface area contributed by atoms with Crippen LogP contribution in [0.15, 0.2) is 114 Å². The van der Waals surface area contributed by atoms with Gasteiger partial charge in [0.25, 0.3) is 5.69 Å². The molecule has 1 atom stereocenters. The lowest BCUT2D eigenvalue weighted by molar-refractivity contribution is -0.384. The molecular formula is C31H29N5O4S2. The van der Waals surface area contributed by atoms with Crippen molar-refractivity contribution in [3.05, 3.63) is 147 Å². The Morgan fingerprint density at radius 1 is 0.857 bits per heavy atom. The van der Waals surface area contributed by atoms with Crippen molar-refractivity contribution in [2.24, 2.45) is 0 Å². The van der Waals surface area contributed by atoms with Crippen molar-refractivity contribution in [2.75, 3.05) is 0 Å². The third-order valence-electron chi connectivity index (χ3n) is 6.54. The molecule has 5 rings (SSSR count). The molecule has 42 heavy (non-hydrogen) atoms. The molecule has 0 amide bonds. The average molecular weight is 600 g/mol. The predicted octanol–water partition coefficient (Wildman–Crippen LogP) is 6.18. The molecule has 0 spiro atoms. The SMILES string of the molecule is Cc1cccc(CSc2nnc(C(Cc3ccccc3)NS(=O)(=O)Cc3ccccc3)n2-c2ccc([N+](=O)[O-])cc2)c1. The number of non-ortho nitro benzene ring substituents is 1. The molecular weight excluding hydrogens is 571 g/mol. The second kappa shape index (κ2) is 13.1. The van der Waals surface area contributed by atoms with Gasteiger partial charge in [0.15, 0.2) is 11.0 Å². The zero-order valence-electron chi connectivity index (χ0n) is 22.8. The second-order valence-electron chi connectivity index (χ2n) is 9.83. The van der Waals surface area contributed by atoms with Crippen LogP contribution in [0.2, 0.25) is 0 Å². The summed E-state index contributed by atoms with van der Waals surface area (Å²) in [5, 5.41) is 20.8. The van der Waals surface area contributed by atoms with E-state index in [0.29, 0.717) is 34.4 Å². The van der Waals surface area contributed by atoms with Crippen LogP contribution in [0.5, 0.6) is 0 Å². The van der Waals surface area contributed by atoms with Gasteiger partial charge in [-0.2, -0.15) is 0 Å². The maximum atomic E-state index is 13.4. The number of hydrogen-bond acceptors (Lipinski definition) is 7. The van der Waals surface area contributed by atoms with E-state index in [4.69, 9.17) is 0 Å². The van der Waals surface area contributed by atoms with Gasteiger partial charge in [-0.15, -0.1) is 10.2 Å².